The third kappa shape index (κ3) is 4.35. The van der Waals surface area contributed by atoms with Crippen LogP contribution in [0, 0.1) is 22.9 Å². The molecule has 0 aliphatic heterocycles. The van der Waals surface area contributed by atoms with E-state index in [1.807, 2.05) is 17.5 Å². The highest BCUT2D eigenvalue weighted by Crippen LogP contribution is 2.30. The molecule has 1 unspecified atom stereocenters. The van der Waals surface area contributed by atoms with Gasteiger partial charge in [-0.3, -0.25) is 19.6 Å². The molecule has 1 aromatic carbocycles. The molecule has 4 aromatic rings. The number of aromatic nitrogens is 3. The smallest absolute Gasteiger partial charge is 0.339 e. The molecule has 12 heteroatoms. The number of thiophene rings is 1. The van der Waals surface area contributed by atoms with E-state index in [1.165, 1.54) is 24.3 Å². The van der Waals surface area contributed by atoms with Crippen LogP contribution in [0.1, 0.15) is 23.0 Å². The van der Waals surface area contributed by atoms with Crippen LogP contribution in [0.4, 0.5) is 15.8 Å². The predicted octanol–water partition coefficient (Wildman–Crippen LogP) is 4.24. The molecule has 3 heterocycles. The first-order valence-corrected chi connectivity index (χ1v) is 10.9. The first-order chi connectivity index (χ1) is 16.2. The quantitative estimate of drug-likeness (QED) is 0.247. The Morgan fingerprint density at radius 3 is 2.74 bits per heavy atom. The first-order valence-electron chi connectivity index (χ1n) is 9.99. The molecule has 1 N–H and O–H groups in total. The number of anilines is 1. The van der Waals surface area contributed by atoms with E-state index < -0.39 is 34.4 Å². The number of halogens is 1. The lowest BCUT2D eigenvalue weighted by Gasteiger charge is -2.14. The summed E-state index contributed by atoms with van der Waals surface area (Å²) in [5.41, 5.74) is 1.05. The third-order valence-electron chi connectivity index (χ3n) is 5.03. The van der Waals surface area contributed by atoms with E-state index in [9.17, 15) is 24.1 Å². The number of rotatable bonds is 6. The Bertz CT molecular complexity index is 1430. The Balaban J connectivity index is 1.60. The number of nitrogens with one attached hydrogen (secondary N) is 1. The molecule has 0 bridgehead atoms. The lowest BCUT2D eigenvalue weighted by Crippen LogP contribution is -2.30. The molecule has 10 nitrogen and oxygen atoms in total. The average molecular weight is 483 g/mol. The van der Waals surface area contributed by atoms with Gasteiger partial charge in [-0.25, -0.2) is 9.78 Å². The molecule has 174 valence electrons. The van der Waals surface area contributed by atoms with Crippen molar-refractivity contribution in [3.8, 4) is 10.6 Å². The second-order valence-electron chi connectivity index (χ2n) is 7.40. The van der Waals surface area contributed by atoms with Crippen molar-refractivity contribution in [2.75, 3.05) is 5.32 Å². The van der Waals surface area contributed by atoms with Crippen molar-refractivity contribution in [3.05, 3.63) is 69.0 Å². The molecule has 1 atom stereocenters. The van der Waals surface area contributed by atoms with Crippen molar-refractivity contribution in [2.24, 2.45) is 7.05 Å². The monoisotopic (exact) mass is 483 g/mol. The van der Waals surface area contributed by atoms with Crippen LogP contribution in [0.25, 0.3) is 21.6 Å². The van der Waals surface area contributed by atoms with Gasteiger partial charge in [-0.2, -0.15) is 9.49 Å². The average Bonchev–Trinajstić information content (AvgIpc) is 3.42. The van der Waals surface area contributed by atoms with Crippen LogP contribution in [-0.4, -0.2) is 37.7 Å². The molecule has 0 saturated heterocycles. The number of carbonyl (C=O) groups excluding carboxylic acids is 2. The number of carbonyl (C=O) groups is 2. The van der Waals surface area contributed by atoms with Crippen molar-refractivity contribution >= 4 is 45.6 Å². The van der Waals surface area contributed by atoms with Crippen molar-refractivity contribution in [2.45, 2.75) is 20.0 Å². The summed E-state index contributed by atoms with van der Waals surface area (Å²) in [5, 5.41) is 20.0. The summed E-state index contributed by atoms with van der Waals surface area (Å²) < 4.78 is 20.5. The van der Waals surface area contributed by atoms with Gasteiger partial charge in [-0.15, -0.1) is 11.3 Å². The Kier molecular flexibility index (Phi) is 6.07. The maximum atomic E-state index is 13.5. The van der Waals surface area contributed by atoms with Gasteiger partial charge in [0, 0.05) is 18.8 Å². The summed E-state index contributed by atoms with van der Waals surface area (Å²) >= 11 is 1.46. The minimum Gasteiger partial charge on any atom is -0.449 e. The van der Waals surface area contributed by atoms with Crippen LogP contribution in [0.5, 0.6) is 0 Å². The first kappa shape index (κ1) is 23.0. The van der Waals surface area contributed by atoms with E-state index >= 15 is 0 Å². The molecule has 1 amide bonds. The number of esters is 1. The van der Waals surface area contributed by atoms with Crippen molar-refractivity contribution < 1.29 is 23.6 Å². The van der Waals surface area contributed by atoms with Gasteiger partial charge in [0.25, 0.3) is 5.91 Å². The molecule has 4 rings (SSSR count). The van der Waals surface area contributed by atoms with Crippen LogP contribution in [0.15, 0.2) is 41.8 Å². The van der Waals surface area contributed by atoms with Gasteiger partial charge in [-0.1, -0.05) is 6.07 Å². The zero-order valence-corrected chi connectivity index (χ0v) is 19.1. The lowest BCUT2D eigenvalue weighted by atomic mass is 10.1. The van der Waals surface area contributed by atoms with Gasteiger partial charge in [-0.05, 0) is 43.5 Å². The van der Waals surface area contributed by atoms with Crippen molar-refractivity contribution in [1.82, 2.24) is 14.8 Å². The number of nitro benzene ring substituents is 1. The number of benzene rings is 1. The summed E-state index contributed by atoms with van der Waals surface area (Å²) in [5.74, 6) is -2.52. The van der Waals surface area contributed by atoms with E-state index in [-0.39, 0.29) is 11.3 Å². The summed E-state index contributed by atoms with van der Waals surface area (Å²) in [7, 11) is 1.72. The third-order valence-corrected chi connectivity index (χ3v) is 5.92. The number of fused-ring (bicyclic) bond motifs is 1. The highest BCUT2D eigenvalue weighted by atomic mass is 32.1. The maximum absolute atomic E-state index is 13.5. The Morgan fingerprint density at radius 2 is 2.06 bits per heavy atom. The summed E-state index contributed by atoms with van der Waals surface area (Å²) in [4.78, 5) is 41.1. The van der Waals surface area contributed by atoms with E-state index in [1.54, 1.807) is 24.7 Å². The second-order valence-corrected chi connectivity index (χ2v) is 8.35. The Hall–Kier alpha value is -4.19. The molecule has 0 aliphatic rings. The molecule has 3 aromatic heterocycles. The lowest BCUT2D eigenvalue weighted by molar-refractivity contribution is -0.387. The molecular formula is C22H18FN5O5S. The number of pyridine rings is 1. The predicted molar refractivity (Wildman–Crippen MR) is 123 cm³/mol. The van der Waals surface area contributed by atoms with Gasteiger partial charge in [0.1, 0.15) is 0 Å². The maximum Gasteiger partial charge on any atom is 0.339 e. The van der Waals surface area contributed by atoms with E-state index in [4.69, 9.17) is 4.74 Å². The highest BCUT2D eigenvalue weighted by molar-refractivity contribution is 7.13. The van der Waals surface area contributed by atoms with Gasteiger partial charge in [0.2, 0.25) is 5.82 Å². The zero-order valence-electron chi connectivity index (χ0n) is 18.2. The number of hydrogen-bond acceptors (Lipinski definition) is 8. The number of nitro groups is 1. The standard InChI is InChI=1S/C22H18FN5O5S/c1-11-19-14(10-16(18-5-4-8-34-18)25-20(19)27(3)26-11)22(30)33-12(2)21(29)24-13-6-7-15(23)17(9-13)28(31)32/h4-10,12H,1-3H3,(H,24,29). The minimum atomic E-state index is -1.25. The molecule has 0 aliphatic carbocycles. The van der Waals surface area contributed by atoms with E-state index in [2.05, 4.69) is 15.4 Å². The molecule has 0 fully saturated rings. The minimum absolute atomic E-state index is 0.00427. The molecular weight excluding hydrogens is 465 g/mol. The molecule has 34 heavy (non-hydrogen) atoms. The Morgan fingerprint density at radius 1 is 1.29 bits per heavy atom. The normalized spacial score (nSPS) is 11.9. The van der Waals surface area contributed by atoms with Crippen molar-refractivity contribution in [3.63, 3.8) is 0 Å². The molecule has 0 saturated carbocycles. The van der Waals surface area contributed by atoms with Crippen LogP contribution >= 0.6 is 11.3 Å². The van der Waals surface area contributed by atoms with Gasteiger partial charge < -0.3 is 10.1 Å². The van der Waals surface area contributed by atoms with Crippen LogP contribution < -0.4 is 5.32 Å². The van der Waals surface area contributed by atoms with Gasteiger partial charge in [0.05, 0.1) is 32.1 Å². The zero-order chi connectivity index (χ0) is 24.6. The van der Waals surface area contributed by atoms with Crippen molar-refractivity contribution in [1.29, 1.82) is 0 Å². The second kappa shape index (κ2) is 8.98. The van der Waals surface area contributed by atoms with Gasteiger partial charge in [0.15, 0.2) is 11.8 Å². The van der Waals surface area contributed by atoms with Gasteiger partial charge >= 0.3 is 11.7 Å². The summed E-state index contributed by atoms with van der Waals surface area (Å²) in [6.07, 6.45) is -1.25. The number of ether oxygens (including phenoxy) is 1. The number of amides is 1. The molecule has 0 radical (unpaired) electrons. The highest BCUT2D eigenvalue weighted by Gasteiger charge is 2.25. The SMILES string of the molecule is Cc1nn(C)c2nc(-c3cccs3)cc(C(=O)OC(C)C(=O)Nc3ccc(F)c([N+](=O)[O-])c3)c12. The number of nitrogens with zero attached hydrogens (tertiary/aromatic N) is 4. The fraction of sp³-hybridized carbons (Fsp3) is 0.182. The Labute approximate surface area is 196 Å². The summed E-state index contributed by atoms with van der Waals surface area (Å²) in [6, 6.07) is 8.27. The molecule has 0 spiro atoms. The van der Waals surface area contributed by atoms with E-state index in [0.717, 1.165) is 17.0 Å². The largest absolute Gasteiger partial charge is 0.449 e. The van der Waals surface area contributed by atoms with Crippen LogP contribution in [0.3, 0.4) is 0 Å². The fourth-order valence-corrected chi connectivity index (χ4v) is 4.09. The summed E-state index contributed by atoms with van der Waals surface area (Å²) in [6.45, 7) is 3.10. The topological polar surface area (TPSA) is 129 Å². The van der Waals surface area contributed by atoms with E-state index in [0.29, 0.717) is 22.4 Å². The number of aryl methyl sites for hydroxylation is 2. The number of hydrogen-bond donors (Lipinski definition) is 1. The van der Waals surface area contributed by atoms with Crippen LogP contribution in [0.2, 0.25) is 0 Å². The fourth-order valence-electron chi connectivity index (χ4n) is 3.41. The van der Waals surface area contributed by atoms with Crippen LogP contribution in [-0.2, 0) is 16.6 Å².